The standard InChI is InChI=1S/C68H45N/c1-3-17-51(18-4-1)67-65-27-12-11-26-63(65)64-41-37-54(45-66(64)68(67)52-19-5-2-6-20-52)53-22-13-23-57(43-53)69(58-40-42-62-55(44-58)34-33-49-16-8-10-25-60(49)62)56-38-35-47(36-39-56)46-29-31-50(32-30-46)61-28-14-21-48-15-7-9-24-59(48)61/h1-45H. The molecule has 0 saturated carbocycles. The summed E-state index contributed by atoms with van der Waals surface area (Å²) in [5.41, 5.74) is 15.4. The first-order valence-corrected chi connectivity index (χ1v) is 23.8. The number of hydrogen-bond acceptors (Lipinski definition) is 1. The Morgan fingerprint density at radius 1 is 0.188 bits per heavy atom. The Kier molecular flexibility index (Phi) is 9.91. The summed E-state index contributed by atoms with van der Waals surface area (Å²) in [6, 6.07) is 100. The Morgan fingerprint density at radius 2 is 0.638 bits per heavy atom. The number of benzene rings is 13. The lowest BCUT2D eigenvalue weighted by Crippen LogP contribution is -2.10. The van der Waals surface area contributed by atoms with E-state index in [-0.39, 0.29) is 0 Å². The molecule has 69 heavy (non-hydrogen) atoms. The summed E-state index contributed by atoms with van der Waals surface area (Å²) in [5.74, 6) is 0. The van der Waals surface area contributed by atoms with Gasteiger partial charge >= 0.3 is 0 Å². The molecule has 0 atom stereocenters. The van der Waals surface area contributed by atoms with Crippen molar-refractivity contribution in [1.82, 2.24) is 0 Å². The molecular weight excluding hydrogens is 831 g/mol. The van der Waals surface area contributed by atoms with Gasteiger partial charge in [-0.25, -0.2) is 0 Å². The average molecular weight is 876 g/mol. The molecule has 0 heterocycles. The van der Waals surface area contributed by atoms with Crippen LogP contribution in [0.1, 0.15) is 0 Å². The van der Waals surface area contributed by atoms with E-state index in [1.807, 2.05) is 0 Å². The maximum atomic E-state index is 2.42. The highest BCUT2D eigenvalue weighted by Crippen LogP contribution is 2.46. The van der Waals surface area contributed by atoms with Crippen LogP contribution >= 0.6 is 0 Å². The molecule has 0 amide bonds. The van der Waals surface area contributed by atoms with E-state index in [1.54, 1.807) is 0 Å². The summed E-state index contributed by atoms with van der Waals surface area (Å²) in [5, 5.41) is 12.5. The van der Waals surface area contributed by atoms with Gasteiger partial charge in [0.25, 0.3) is 0 Å². The van der Waals surface area contributed by atoms with Crippen LogP contribution in [0, 0.1) is 0 Å². The lowest BCUT2D eigenvalue weighted by atomic mass is 9.84. The predicted octanol–water partition coefficient (Wildman–Crippen LogP) is 19.3. The second-order valence-corrected chi connectivity index (χ2v) is 18.0. The third-order valence-electron chi connectivity index (χ3n) is 14.0. The molecule has 0 N–H and O–H groups in total. The molecule has 0 radical (unpaired) electrons. The van der Waals surface area contributed by atoms with Gasteiger partial charge in [0.15, 0.2) is 0 Å². The molecule has 322 valence electrons. The highest BCUT2D eigenvalue weighted by Gasteiger charge is 2.20. The van der Waals surface area contributed by atoms with Crippen LogP contribution in [-0.2, 0) is 0 Å². The largest absolute Gasteiger partial charge is 0.310 e. The number of nitrogens with zero attached hydrogens (tertiary/aromatic N) is 1. The lowest BCUT2D eigenvalue weighted by Gasteiger charge is -2.27. The van der Waals surface area contributed by atoms with Crippen LogP contribution in [0.15, 0.2) is 273 Å². The van der Waals surface area contributed by atoms with E-state index < -0.39 is 0 Å². The summed E-state index contributed by atoms with van der Waals surface area (Å²) in [6.45, 7) is 0. The minimum absolute atomic E-state index is 1.09. The fourth-order valence-electron chi connectivity index (χ4n) is 10.7. The normalized spacial score (nSPS) is 11.5. The Hall–Kier alpha value is -9.04. The number of hydrogen-bond donors (Lipinski definition) is 0. The van der Waals surface area contributed by atoms with Crippen LogP contribution in [0.4, 0.5) is 17.1 Å². The molecule has 13 rings (SSSR count). The molecule has 0 aliphatic carbocycles. The first-order chi connectivity index (χ1) is 34.2. The highest BCUT2D eigenvalue weighted by atomic mass is 15.1. The third kappa shape index (κ3) is 7.20. The predicted molar refractivity (Wildman–Crippen MR) is 296 cm³/mol. The number of rotatable bonds is 8. The third-order valence-corrected chi connectivity index (χ3v) is 14.0. The second-order valence-electron chi connectivity index (χ2n) is 18.0. The van der Waals surface area contributed by atoms with Gasteiger partial charge in [-0.05, 0) is 152 Å². The fraction of sp³-hybridized carbons (Fsp3) is 0. The van der Waals surface area contributed by atoms with E-state index >= 15 is 0 Å². The van der Waals surface area contributed by atoms with E-state index in [1.165, 1.54) is 104 Å². The van der Waals surface area contributed by atoms with Gasteiger partial charge in [0.1, 0.15) is 0 Å². The van der Waals surface area contributed by atoms with Crippen molar-refractivity contribution in [2.45, 2.75) is 0 Å². The summed E-state index contributed by atoms with van der Waals surface area (Å²) in [4.78, 5) is 2.41. The number of anilines is 3. The summed E-state index contributed by atoms with van der Waals surface area (Å²) < 4.78 is 0. The van der Waals surface area contributed by atoms with E-state index in [4.69, 9.17) is 0 Å². The van der Waals surface area contributed by atoms with Crippen molar-refractivity contribution in [1.29, 1.82) is 0 Å². The minimum Gasteiger partial charge on any atom is -0.310 e. The fourth-order valence-corrected chi connectivity index (χ4v) is 10.7. The molecule has 0 aromatic heterocycles. The summed E-state index contributed by atoms with van der Waals surface area (Å²) >= 11 is 0. The Bertz CT molecular complexity index is 4040. The Labute approximate surface area is 402 Å². The smallest absolute Gasteiger partial charge is 0.0468 e. The van der Waals surface area contributed by atoms with Crippen LogP contribution in [0.5, 0.6) is 0 Å². The van der Waals surface area contributed by atoms with Gasteiger partial charge in [-0.15, -0.1) is 0 Å². The van der Waals surface area contributed by atoms with E-state index in [9.17, 15) is 0 Å². The molecule has 1 nitrogen and oxygen atoms in total. The molecule has 0 saturated heterocycles. The number of fused-ring (bicyclic) bond motifs is 7. The first kappa shape index (κ1) is 40.3. The molecule has 0 aliphatic rings. The molecule has 0 unspecified atom stereocenters. The van der Waals surface area contributed by atoms with Gasteiger partial charge in [0, 0.05) is 17.1 Å². The molecule has 0 aliphatic heterocycles. The topological polar surface area (TPSA) is 3.24 Å². The van der Waals surface area contributed by atoms with Crippen LogP contribution in [0.3, 0.4) is 0 Å². The minimum atomic E-state index is 1.09. The van der Waals surface area contributed by atoms with E-state index in [0.29, 0.717) is 0 Å². The lowest BCUT2D eigenvalue weighted by molar-refractivity contribution is 1.29. The zero-order valence-electron chi connectivity index (χ0n) is 37.9. The van der Waals surface area contributed by atoms with Gasteiger partial charge in [-0.2, -0.15) is 0 Å². The molecule has 13 aromatic carbocycles. The first-order valence-electron chi connectivity index (χ1n) is 23.8. The molecule has 0 fully saturated rings. The van der Waals surface area contributed by atoms with Gasteiger partial charge in [-0.3, -0.25) is 0 Å². The maximum absolute atomic E-state index is 2.42. The van der Waals surface area contributed by atoms with Gasteiger partial charge < -0.3 is 4.90 Å². The van der Waals surface area contributed by atoms with Crippen LogP contribution < -0.4 is 4.90 Å². The zero-order chi connectivity index (χ0) is 45.7. The van der Waals surface area contributed by atoms with Crippen molar-refractivity contribution in [3.8, 4) is 55.6 Å². The van der Waals surface area contributed by atoms with Gasteiger partial charge in [-0.1, -0.05) is 231 Å². The second kappa shape index (κ2) is 17.0. The van der Waals surface area contributed by atoms with Gasteiger partial charge in [0.2, 0.25) is 0 Å². The van der Waals surface area contributed by atoms with Crippen molar-refractivity contribution in [2.24, 2.45) is 0 Å². The Morgan fingerprint density at radius 3 is 1.38 bits per heavy atom. The van der Waals surface area contributed by atoms with Crippen molar-refractivity contribution >= 4 is 70.9 Å². The average Bonchev–Trinajstić information content (AvgIpc) is 3.43. The Balaban J connectivity index is 0.939. The monoisotopic (exact) mass is 875 g/mol. The van der Waals surface area contributed by atoms with Crippen molar-refractivity contribution in [3.63, 3.8) is 0 Å². The summed E-state index contributed by atoms with van der Waals surface area (Å²) in [6.07, 6.45) is 0. The molecular formula is C68H45N. The van der Waals surface area contributed by atoms with Crippen LogP contribution in [-0.4, -0.2) is 0 Å². The molecule has 13 aromatic rings. The van der Waals surface area contributed by atoms with Crippen molar-refractivity contribution in [3.05, 3.63) is 273 Å². The zero-order valence-corrected chi connectivity index (χ0v) is 37.9. The highest BCUT2D eigenvalue weighted by molar-refractivity contribution is 6.22. The summed E-state index contributed by atoms with van der Waals surface area (Å²) in [7, 11) is 0. The van der Waals surface area contributed by atoms with Crippen LogP contribution in [0.2, 0.25) is 0 Å². The van der Waals surface area contributed by atoms with Gasteiger partial charge in [0.05, 0.1) is 0 Å². The van der Waals surface area contributed by atoms with E-state index in [2.05, 4.69) is 278 Å². The van der Waals surface area contributed by atoms with Crippen molar-refractivity contribution < 1.29 is 0 Å². The maximum Gasteiger partial charge on any atom is 0.0468 e. The molecule has 0 spiro atoms. The van der Waals surface area contributed by atoms with Crippen LogP contribution in [0.25, 0.3) is 109 Å². The van der Waals surface area contributed by atoms with Crippen molar-refractivity contribution in [2.75, 3.05) is 4.90 Å². The van der Waals surface area contributed by atoms with E-state index in [0.717, 1.165) is 22.6 Å². The molecule has 0 bridgehead atoms. The SMILES string of the molecule is c1ccc(-c2c(-c3ccccc3)c3cc(-c4cccc(N(c5ccc(-c6ccc(-c7cccc8ccccc78)cc6)cc5)c5ccc6c(ccc7ccccc76)c5)c4)ccc3c3ccccc23)cc1. The molecule has 1 heteroatoms. The quantitative estimate of drug-likeness (QED) is 0.138.